The Morgan fingerprint density at radius 2 is 1.91 bits per heavy atom. The van der Waals surface area contributed by atoms with Crippen LogP contribution in [0.15, 0.2) is 35.2 Å². The van der Waals surface area contributed by atoms with E-state index in [1.807, 2.05) is 0 Å². The summed E-state index contributed by atoms with van der Waals surface area (Å²) in [4.78, 5) is -0.481. The van der Waals surface area contributed by atoms with E-state index in [2.05, 4.69) is 9.84 Å². The topological polar surface area (TPSA) is 79.7 Å². The summed E-state index contributed by atoms with van der Waals surface area (Å²) in [5.41, 5.74) is -0.880. The van der Waals surface area contributed by atoms with Crippen LogP contribution in [0, 0.1) is 0 Å². The Labute approximate surface area is 191 Å². The van der Waals surface area contributed by atoms with Gasteiger partial charge in [0.2, 0.25) is 5.88 Å². The maximum absolute atomic E-state index is 13.4. The quantitative estimate of drug-likeness (QED) is 0.504. The highest BCUT2D eigenvalue weighted by atomic mass is 32.2. The molecule has 0 radical (unpaired) electrons. The molecule has 14 heteroatoms. The standard InChI is InChI=1S/C20H22F6N2O5S/c1-18(34(29,30)14-5-3-4-13(8-14)20(24,25)26)6-7-32-16(10-18)15-9-17(27-28(15)12-31-2)33-11-19(21,22)23/h3-5,8-9,16H,6-7,10-12H2,1-2H3. The second-order valence-corrected chi connectivity index (χ2v) is 10.5. The first-order valence-corrected chi connectivity index (χ1v) is 11.4. The highest BCUT2D eigenvalue weighted by Crippen LogP contribution is 2.43. The average Bonchev–Trinajstić information content (AvgIpc) is 3.14. The van der Waals surface area contributed by atoms with Crippen LogP contribution < -0.4 is 4.74 Å². The van der Waals surface area contributed by atoms with Crippen LogP contribution >= 0.6 is 0 Å². The molecule has 1 saturated heterocycles. The van der Waals surface area contributed by atoms with Crippen molar-refractivity contribution < 1.29 is 49.0 Å². The minimum absolute atomic E-state index is 0.00206. The molecule has 1 aromatic carbocycles. The summed E-state index contributed by atoms with van der Waals surface area (Å²) >= 11 is 0. The molecular formula is C20H22F6N2O5S. The van der Waals surface area contributed by atoms with Gasteiger partial charge in [0.1, 0.15) is 12.8 Å². The summed E-state index contributed by atoms with van der Waals surface area (Å²) in [7, 11) is -2.93. The van der Waals surface area contributed by atoms with E-state index in [1.54, 1.807) is 0 Å². The Morgan fingerprint density at radius 3 is 2.53 bits per heavy atom. The summed E-state index contributed by atoms with van der Waals surface area (Å²) in [6.07, 6.45) is -10.4. The Hall–Kier alpha value is -2.32. The molecule has 2 atom stereocenters. The first kappa shape index (κ1) is 26.3. The van der Waals surface area contributed by atoms with E-state index in [4.69, 9.17) is 9.47 Å². The smallest absolute Gasteiger partial charge is 0.422 e. The number of hydrogen-bond acceptors (Lipinski definition) is 6. The van der Waals surface area contributed by atoms with Crippen LogP contribution in [-0.2, 0) is 32.2 Å². The van der Waals surface area contributed by atoms with E-state index in [9.17, 15) is 34.8 Å². The van der Waals surface area contributed by atoms with Crippen molar-refractivity contribution in [1.29, 1.82) is 0 Å². The number of aromatic nitrogens is 2. The van der Waals surface area contributed by atoms with Gasteiger partial charge in [-0.15, -0.1) is 5.10 Å². The number of benzene rings is 1. The molecule has 3 rings (SSSR count). The predicted octanol–water partition coefficient (Wildman–Crippen LogP) is 4.53. The van der Waals surface area contributed by atoms with Crippen LogP contribution in [0.25, 0.3) is 0 Å². The van der Waals surface area contributed by atoms with Gasteiger partial charge in [0, 0.05) is 19.8 Å². The van der Waals surface area contributed by atoms with Gasteiger partial charge in [0.05, 0.1) is 20.9 Å². The first-order chi connectivity index (χ1) is 15.7. The highest BCUT2D eigenvalue weighted by molar-refractivity contribution is 7.92. The Morgan fingerprint density at radius 1 is 1.21 bits per heavy atom. The van der Waals surface area contributed by atoms with Gasteiger partial charge in [-0.25, -0.2) is 13.1 Å². The lowest BCUT2D eigenvalue weighted by atomic mass is 9.95. The molecule has 34 heavy (non-hydrogen) atoms. The van der Waals surface area contributed by atoms with Crippen molar-refractivity contribution in [2.24, 2.45) is 0 Å². The number of ether oxygens (including phenoxy) is 3. The van der Waals surface area contributed by atoms with Crippen molar-refractivity contribution in [2.45, 2.75) is 54.6 Å². The van der Waals surface area contributed by atoms with Gasteiger partial charge in [-0.2, -0.15) is 26.3 Å². The molecule has 1 fully saturated rings. The fraction of sp³-hybridized carbons (Fsp3) is 0.550. The van der Waals surface area contributed by atoms with Crippen molar-refractivity contribution in [1.82, 2.24) is 9.78 Å². The molecule has 190 valence electrons. The van der Waals surface area contributed by atoms with Crippen molar-refractivity contribution in [2.75, 3.05) is 20.3 Å². The van der Waals surface area contributed by atoms with Crippen molar-refractivity contribution in [3.63, 3.8) is 0 Å². The number of halogens is 6. The lowest BCUT2D eigenvalue weighted by Crippen LogP contribution is -2.42. The third-order valence-electron chi connectivity index (χ3n) is 5.44. The molecule has 1 aliphatic heterocycles. The molecule has 1 aliphatic rings. The zero-order valence-corrected chi connectivity index (χ0v) is 18.9. The van der Waals surface area contributed by atoms with Crippen LogP contribution in [0.1, 0.15) is 37.1 Å². The van der Waals surface area contributed by atoms with Gasteiger partial charge >= 0.3 is 12.4 Å². The fourth-order valence-electron chi connectivity index (χ4n) is 3.65. The molecule has 1 aromatic heterocycles. The molecule has 0 saturated carbocycles. The van der Waals surface area contributed by atoms with Gasteiger partial charge in [-0.1, -0.05) is 6.07 Å². The summed E-state index contributed by atoms with van der Waals surface area (Å²) < 4.78 is 119. The van der Waals surface area contributed by atoms with Crippen LogP contribution in [0.3, 0.4) is 0 Å². The molecule has 7 nitrogen and oxygen atoms in total. The fourth-order valence-corrected chi connectivity index (χ4v) is 5.48. The second-order valence-electron chi connectivity index (χ2n) is 8.02. The number of sulfone groups is 1. The van der Waals surface area contributed by atoms with Crippen LogP contribution in [0.2, 0.25) is 0 Å². The van der Waals surface area contributed by atoms with Crippen LogP contribution in [-0.4, -0.2) is 49.4 Å². The molecule has 0 spiro atoms. The molecule has 0 amide bonds. The number of methoxy groups -OCH3 is 1. The summed E-state index contributed by atoms with van der Waals surface area (Å²) in [5.74, 6) is -0.360. The molecule has 0 bridgehead atoms. The Bertz CT molecular complexity index is 1120. The zero-order valence-electron chi connectivity index (χ0n) is 18.1. The monoisotopic (exact) mass is 516 g/mol. The van der Waals surface area contributed by atoms with E-state index < -0.39 is 50.1 Å². The van der Waals surface area contributed by atoms with Gasteiger partial charge < -0.3 is 14.2 Å². The highest BCUT2D eigenvalue weighted by Gasteiger charge is 2.46. The van der Waals surface area contributed by atoms with E-state index in [0.717, 1.165) is 18.2 Å². The largest absolute Gasteiger partial charge is 0.467 e. The first-order valence-electron chi connectivity index (χ1n) is 9.96. The van der Waals surface area contributed by atoms with E-state index >= 15 is 0 Å². The minimum atomic E-state index is -4.72. The molecule has 0 N–H and O–H groups in total. The van der Waals surface area contributed by atoms with Gasteiger partial charge in [-0.3, -0.25) is 0 Å². The van der Waals surface area contributed by atoms with Crippen molar-refractivity contribution in [3.05, 3.63) is 41.6 Å². The normalized spacial score (nSPS) is 22.1. The number of hydrogen-bond donors (Lipinski definition) is 0. The lowest BCUT2D eigenvalue weighted by Gasteiger charge is -2.37. The van der Waals surface area contributed by atoms with E-state index in [-0.39, 0.29) is 37.8 Å². The Balaban J connectivity index is 1.91. The minimum Gasteiger partial charge on any atom is -0.467 e. The van der Waals surface area contributed by atoms with Crippen LogP contribution in [0.5, 0.6) is 5.88 Å². The molecule has 2 aromatic rings. The average molecular weight is 516 g/mol. The van der Waals surface area contributed by atoms with Gasteiger partial charge in [0.15, 0.2) is 16.4 Å². The lowest BCUT2D eigenvalue weighted by molar-refractivity contribution is -0.154. The zero-order chi connectivity index (χ0) is 25.4. The molecule has 0 aliphatic carbocycles. The maximum Gasteiger partial charge on any atom is 0.422 e. The second kappa shape index (κ2) is 9.38. The third-order valence-corrected chi connectivity index (χ3v) is 7.98. The molecule has 2 unspecified atom stereocenters. The molecule has 2 heterocycles. The third kappa shape index (κ3) is 5.66. The van der Waals surface area contributed by atoms with Crippen molar-refractivity contribution >= 4 is 9.84 Å². The summed E-state index contributed by atoms with van der Waals surface area (Å²) in [6.45, 7) is -0.419. The summed E-state index contributed by atoms with van der Waals surface area (Å²) in [6, 6.07) is 4.67. The number of rotatable bonds is 7. The van der Waals surface area contributed by atoms with E-state index in [0.29, 0.717) is 6.07 Å². The maximum atomic E-state index is 13.4. The van der Waals surface area contributed by atoms with Crippen LogP contribution in [0.4, 0.5) is 26.3 Å². The van der Waals surface area contributed by atoms with Gasteiger partial charge in [0.25, 0.3) is 0 Å². The number of alkyl halides is 6. The molecular weight excluding hydrogens is 494 g/mol. The predicted molar refractivity (Wildman–Crippen MR) is 106 cm³/mol. The van der Waals surface area contributed by atoms with Gasteiger partial charge in [-0.05, 0) is 38.0 Å². The SMILES string of the molecule is COCn1nc(OCC(F)(F)F)cc1C1CC(C)(S(=O)(=O)c2cccc(C(F)(F)F)c2)CCO1. The van der Waals surface area contributed by atoms with Crippen molar-refractivity contribution in [3.8, 4) is 5.88 Å². The number of nitrogens with zero attached hydrogens (tertiary/aromatic N) is 2. The summed E-state index contributed by atoms with van der Waals surface area (Å²) in [5, 5.41) is 3.90. The van der Waals surface area contributed by atoms with E-state index in [1.165, 1.54) is 24.8 Å². The Kier molecular flexibility index (Phi) is 7.25.